The third-order valence-corrected chi connectivity index (χ3v) is 5.39. The molecule has 3 rings (SSSR count). The van der Waals surface area contributed by atoms with Gasteiger partial charge in [0.05, 0.1) is 12.7 Å². The lowest BCUT2D eigenvalue weighted by Crippen LogP contribution is -2.18. The number of allylic oxidation sites excluding steroid dienone is 3. The molecule has 0 saturated heterocycles. The van der Waals surface area contributed by atoms with Gasteiger partial charge < -0.3 is 9.84 Å². The van der Waals surface area contributed by atoms with Crippen LogP contribution in [0, 0.1) is 5.41 Å². The maximum absolute atomic E-state index is 11.3. The van der Waals surface area contributed by atoms with Crippen LogP contribution in [0.1, 0.15) is 56.0 Å². The van der Waals surface area contributed by atoms with E-state index in [0.29, 0.717) is 5.75 Å². The molecule has 0 bridgehead atoms. The van der Waals surface area contributed by atoms with Crippen LogP contribution >= 0.6 is 0 Å². The van der Waals surface area contributed by atoms with Crippen molar-refractivity contribution < 1.29 is 14.6 Å². The predicted molar refractivity (Wildman–Crippen MR) is 107 cm³/mol. The highest BCUT2D eigenvalue weighted by molar-refractivity contribution is 5.98. The normalized spacial score (nSPS) is 17.1. The van der Waals surface area contributed by atoms with Crippen LogP contribution in [-0.2, 0) is 0 Å². The first kappa shape index (κ1) is 18.2. The third-order valence-electron chi connectivity index (χ3n) is 5.39. The summed E-state index contributed by atoms with van der Waals surface area (Å²) >= 11 is 0. The number of ether oxygens (including phenoxy) is 1. The molecule has 2 aromatic rings. The fourth-order valence-corrected chi connectivity index (χ4v) is 3.93. The van der Waals surface area contributed by atoms with Gasteiger partial charge in [-0.2, -0.15) is 0 Å². The van der Waals surface area contributed by atoms with Gasteiger partial charge in [-0.15, -0.1) is 0 Å². The number of carboxylic acid groups (broad SMARTS) is 1. The van der Waals surface area contributed by atoms with E-state index in [-0.39, 0.29) is 11.0 Å². The average Bonchev–Trinajstić information content (AvgIpc) is 2.59. The molecule has 0 amide bonds. The van der Waals surface area contributed by atoms with E-state index < -0.39 is 5.97 Å². The van der Waals surface area contributed by atoms with Crippen molar-refractivity contribution in [2.24, 2.45) is 5.41 Å². The second-order valence-corrected chi connectivity index (χ2v) is 7.73. The topological polar surface area (TPSA) is 46.5 Å². The van der Waals surface area contributed by atoms with Gasteiger partial charge in [0.1, 0.15) is 5.75 Å². The Bertz CT molecular complexity index is 916. The second kappa shape index (κ2) is 6.99. The summed E-state index contributed by atoms with van der Waals surface area (Å²) in [6.45, 7) is 6.86. The van der Waals surface area contributed by atoms with E-state index in [2.05, 4.69) is 39.0 Å². The Labute approximate surface area is 155 Å². The predicted octanol–water partition coefficient (Wildman–Crippen LogP) is 6.09. The average molecular weight is 350 g/mol. The van der Waals surface area contributed by atoms with Gasteiger partial charge in [0, 0.05) is 5.39 Å². The van der Waals surface area contributed by atoms with Gasteiger partial charge in [-0.1, -0.05) is 43.7 Å². The summed E-state index contributed by atoms with van der Waals surface area (Å²) < 4.78 is 5.42. The van der Waals surface area contributed by atoms with Gasteiger partial charge in [-0.3, -0.25) is 0 Å². The maximum atomic E-state index is 11.3. The zero-order valence-corrected chi connectivity index (χ0v) is 15.9. The van der Waals surface area contributed by atoms with Crippen molar-refractivity contribution in [2.75, 3.05) is 7.11 Å². The molecule has 0 spiro atoms. The number of benzene rings is 2. The lowest BCUT2D eigenvalue weighted by molar-refractivity contribution is 0.0696. The molecule has 0 aliphatic heterocycles. The van der Waals surface area contributed by atoms with Crippen LogP contribution < -0.4 is 4.74 Å². The minimum Gasteiger partial charge on any atom is -0.496 e. The number of hydrogen-bond donors (Lipinski definition) is 1. The van der Waals surface area contributed by atoms with Gasteiger partial charge >= 0.3 is 5.97 Å². The Hall–Kier alpha value is -2.55. The van der Waals surface area contributed by atoms with Crippen molar-refractivity contribution in [3.63, 3.8) is 0 Å². The smallest absolute Gasteiger partial charge is 0.335 e. The van der Waals surface area contributed by atoms with Crippen LogP contribution in [-0.4, -0.2) is 18.2 Å². The molecule has 0 aromatic heterocycles. The molecule has 0 fully saturated rings. The number of fused-ring (bicyclic) bond motifs is 1. The second-order valence-electron chi connectivity index (χ2n) is 7.73. The molecule has 0 saturated carbocycles. The summed E-state index contributed by atoms with van der Waals surface area (Å²) in [5.74, 6) is -0.361. The highest BCUT2D eigenvalue weighted by atomic mass is 16.5. The lowest BCUT2D eigenvalue weighted by Gasteiger charge is -2.32. The molecule has 1 N–H and O–H groups in total. The van der Waals surface area contributed by atoms with Gasteiger partial charge in [0.15, 0.2) is 0 Å². The molecular formula is C23H26O3. The van der Waals surface area contributed by atoms with E-state index in [0.717, 1.165) is 16.3 Å². The van der Waals surface area contributed by atoms with Crippen LogP contribution in [0.5, 0.6) is 5.75 Å². The summed E-state index contributed by atoms with van der Waals surface area (Å²) in [5, 5.41) is 11.0. The Balaban J connectivity index is 2.02. The number of hydrogen-bond acceptors (Lipinski definition) is 2. The lowest BCUT2D eigenvalue weighted by atomic mass is 9.72. The van der Waals surface area contributed by atoms with Crippen LogP contribution in [0.25, 0.3) is 16.8 Å². The zero-order chi connectivity index (χ0) is 18.9. The van der Waals surface area contributed by atoms with Crippen LogP contribution in [0.3, 0.4) is 0 Å². The van der Waals surface area contributed by atoms with E-state index >= 15 is 0 Å². The van der Waals surface area contributed by atoms with Crippen molar-refractivity contribution >= 4 is 22.8 Å². The fraction of sp³-hybridized carbons (Fsp3) is 0.348. The monoisotopic (exact) mass is 350 g/mol. The molecule has 0 radical (unpaired) electrons. The fourth-order valence-electron chi connectivity index (χ4n) is 3.93. The van der Waals surface area contributed by atoms with Crippen molar-refractivity contribution in [3.8, 4) is 5.75 Å². The number of carbonyl (C=O) groups is 1. The van der Waals surface area contributed by atoms with Crippen LogP contribution in [0.4, 0.5) is 0 Å². The molecule has 136 valence electrons. The van der Waals surface area contributed by atoms with E-state index in [1.165, 1.54) is 30.4 Å². The zero-order valence-electron chi connectivity index (χ0n) is 15.9. The molecule has 0 unspecified atom stereocenters. The third kappa shape index (κ3) is 3.52. The first-order chi connectivity index (χ1) is 12.3. The minimum atomic E-state index is -0.948. The van der Waals surface area contributed by atoms with Crippen LogP contribution in [0.2, 0.25) is 0 Å². The van der Waals surface area contributed by atoms with Gasteiger partial charge in [-0.25, -0.2) is 4.79 Å². The number of carboxylic acids is 1. The van der Waals surface area contributed by atoms with Crippen LogP contribution in [0.15, 0.2) is 47.6 Å². The molecule has 1 aliphatic rings. The Morgan fingerprint density at radius 1 is 1.19 bits per heavy atom. The number of rotatable bonds is 4. The summed E-state index contributed by atoms with van der Waals surface area (Å²) in [7, 11) is 1.57. The van der Waals surface area contributed by atoms with E-state index in [1.54, 1.807) is 19.2 Å². The molecule has 0 atom stereocenters. The molecule has 1 aliphatic carbocycles. The molecule has 26 heavy (non-hydrogen) atoms. The minimum absolute atomic E-state index is 0.212. The van der Waals surface area contributed by atoms with Gasteiger partial charge in [-0.05, 0) is 66.3 Å². The number of methoxy groups -OCH3 is 1. The Morgan fingerprint density at radius 2 is 1.96 bits per heavy atom. The summed E-state index contributed by atoms with van der Waals surface area (Å²) in [6.07, 6.45) is 8.04. The summed E-state index contributed by atoms with van der Waals surface area (Å²) in [4.78, 5) is 11.3. The van der Waals surface area contributed by atoms with Crippen molar-refractivity contribution in [1.29, 1.82) is 0 Å². The largest absolute Gasteiger partial charge is 0.496 e. The molecule has 3 heteroatoms. The first-order valence-corrected chi connectivity index (χ1v) is 9.05. The Kier molecular flexibility index (Phi) is 4.90. The van der Waals surface area contributed by atoms with Gasteiger partial charge in [0.25, 0.3) is 0 Å². The van der Waals surface area contributed by atoms with E-state index in [1.807, 2.05) is 12.1 Å². The quantitative estimate of drug-likeness (QED) is 0.726. The van der Waals surface area contributed by atoms with Crippen molar-refractivity contribution in [3.05, 3.63) is 58.7 Å². The maximum Gasteiger partial charge on any atom is 0.335 e. The Morgan fingerprint density at radius 3 is 2.62 bits per heavy atom. The van der Waals surface area contributed by atoms with E-state index in [9.17, 15) is 9.90 Å². The summed E-state index contributed by atoms with van der Waals surface area (Å²) in [5.41, 5.74) is 4.44. The highest BCUT2D eigenvalue weighted by Gasteiger charge is 2.26. The summed E-state index contributed by atoms with van der Waals surface area (Å²) in [6, 6.07) is 9.30. The SMILES string of the molecule is COc1cc(C(=O)O)cc2ccc(C=CC3=C(C)CCCC3(C)C)cc12. The molecular weight excluding hydrogens is 324 g/mol. The standard InChI is InChI=1S/C23H26O3/c1-15-6-5-11-23(2,3)20(15)10-8-16-7-9-17-13-18(22(24)25)14-21(26-4)19(17)12-16/h7-10,12-14H,5-6,11H2,1-4H3,(H,24,25). The van der Waals surface area contributed by atoms with E-state index in [4.69, 9.17) is 4.74 Å². The first-order valence-electron chi connectivity index (χ1n) is 9.05. The molecule has 3 nitrogen and oxygen atoms in total. The van der Waals surface area contributed by atoms with Crippen molar-refractivity contribution in [2.45, 2.75) is 40.0 Å². The molecule has 2 aromatic carbocycles. The molecule has 0 heterocycles. The number of aromatic carboxylic acids is 1. The van der Waals surface area contributed by atoms with Gasteiger partial charge in [0.2, 0.25) is 0 Å². The van der Waals surface area contributed by atoms with Crippen molar-refractivity contribution in [1.82, 2.24) is 0 Å². The highest BCUT2D eigenvalue weighted by Crippen LogP contribution is 2.41.